The molecule has 0 bridgehead atoms. The molecule has 0 aromatic heterocycles. The molecule has 5 amide bonds. The SMILES string of the molecule is CCC1CCCC(NC(=O)NCC2CCC3CN(C4CCC(=O)NC4=O)C(=O)C3C2)C1. The van der Waals surface area contributed by atoms with Crippen LogP contribution in [-0.4, -0.2) is 53.8 Å². The number of nitrogens with zero attached hydrogens (tertiary/aromatic N) is 1. The predicted octanol–water partition coefficient (Wildman–Crippen LogP) is 1.93. The first-order valence-electron chi connectivity index (χ1n) is 12.1. The molecule has 8 heteroatoms. The molecule has 4 rings (SSSR count). The van der Waals surface area contributed by atoms with Gasteiger partial charge in [-0.15, -0.1) is 0 Å². The monoisotopic (exact) mass is 432 g/mol. The highest BCUT2D eigenvalue weighted by atomic mass is 16.2. The number of urea groups is 1. The molecule has 0 aromatic rings. The fourth-order valence-electron chi connectivity index (χ4n) is 6.11. The number of likely N-dealkylation sites (tertiary alicyclic amines) is 1. The van der Waals surface area contributed by atoms with Gasteiger partial charge in [0.05, 0.1) is 0 Å². The number of piperidine rings is 1. The Balaban J connectivity index is 1.24. The molecule has 2 heterocycles. The third-order valence-corrected chi connectivity index (χ3v) is 7.97. The fourth-order valence-corrected chi connectivity index (χ4v) is 6.11. The largest absolute Gasteiger partial charge is 0.338 e. The van der Waals surface area contributed by atoms with Crippen molar-refractivity contribution in [1.29, 1.82) is 0 Å². The van der Waals surface area contributed by atoms with E-state index >= 15 is 0 Å². The van der Waals surface area contributed by atoms with E-state index in [9.17, 15) is 19.2 Å². The lowest BCUT2D eigenvalue weighted by Crippen LogP contribution is -2.53. The number of fused-ring (bicyclic) bond motifs is 1. The topological polar surface area (TPSA) is 108 Å². The second kappa shape index (κ2) is 9.57. The first-order chi connectivity index (χ1) is 14.9. The van der Waals surface area contributed by atoms with Gasteiger partial charge < -0.3 is 15.5 Å². The van der Waals surface area contributed by atoms with E-state index in [0.29, 0.717) is 19.5 Å². The van der Waals surface area contributed by atoms with E-state index in [1.165, 1.54) is 19.3 Å². The van der Waals surface area contributed by atoms with Crippen LogP contribution in [-0.2, 0) is 14.4 Å². The minimum Gasteiger partial charge on any atom is -0.338 e. The van der Waals surface area contributed by atoms with Crippen molar-refractivity contribution in [2.24, 2.45) is 23.7 Å². The summed E-state index contributed by atoms with van der Waals surface area (Å²) in [5, 5.41) is 8.54. The Kier molecular flexibility index (Phi) is 6.82. The average Bonchev–Trinajstić information content (AvgIpc) is 3.08. The molecule has 8 nitrogen and oxygen atoms in total. The Bertz CT molecular complexity index is 726. The number of carbonyl (C=O) groups is 4. The van der Waals surface area contributed by atoms with Gasteiger partial charge in [0.1, 0.15) is 6.04 Å². The molecule has 4 fully saturated rings. The van der Waals surface area contributed by atoms with Gasteiger partial charge in [-0.3, -0.25) is 19.7 Å². The van der Waals surface area contributed by atoms with Crippen molar-refractivity contribution in [1.82, 2.24) is 20.9 Å². The molecule has 31 heavy (non-hydrogen) atoms. The Labute approximate surface area is 184 Å². The second-order valence-electron chi connectivity index (χ2n) is 10.00. The van der Waals surface area contributed by atoms with E-state index in [1.54, 1.807) is 4.90 Å². The minimum atomic E-state index is -0.513. The van der Waals surface area contributed by atoms with Gasteiger partial charge in [0.15, 0.2) is 0 Å². The zero-order valence-electron chi connectivity index (χ0n) is 18.5. The number of hydrogen-bond donors (Lipinski definition) is 3. The predicted molar refractivity (Wildman–Crippen MR) is 115 cm³/mol. The smallest absolute Gasteiger partial charge is 0.315 e. The fraction of sp³-hybridized carbons (Fsp3) is 0.826. The second-order valence-corrected chi connectivity index (χ2v) is 10.00. The first kappa shape index (κ1) is 22.1. The summed E-state index contributed by atoms with van der Waals surface area (Å²) in [5.41, 5.74) is 0. The van der Waals surface area contributed by atoms with Crippen LogP contribution in [0.25, 0.3) is 0 Å². The van der Waals surface area contributed by atoms with Crippen molar-refractivity contribution < 1.29 is 19.2 Å². The highest BCUT2D eigenvalue weighted by molar-refractivity contribution is 6.02. The van der Waals surface area contributed by atoms with Crippen LogP contribution in [0.2, 0.25) is 0 Å². The summed E-state index contributed by atoms with van der Waals surface area (Å²) in [6.07, 6.45) is 9.14. The van der Waals surface area contributed by atoms with Gasteiger partial charge in [0.2, 0.25) is 17.7 Å². The first-order valence-corrected chi connectivity index (χ1v) is 12.1. The standard InChI is InChI=1S/C23H36N4O4/c1-2-14-4-3-5-17(10-14)25-23(31)24-12-15-6-7-16-13-27(22(30)18(16)11-15)19-8-9-20(28)26-21(19)29/h14-19H,2-13H2,1H3,(H2,24,25,31)(H,26,28,29). The molecular formula is C23H36N4O4. The van der Waals surface area contributed by atoms with E-state index in [0.717, 1.165) is 38.0 Å². The van der Waals surface area contributed by atoms with E-state index < -0.39 is 6.04 Å². The van der Waals surface area contributed by atoms with Crippen molar-refractivity contribution in [2.75, 3.05) is 13.1 Å². The van der Waals surface area contributed by atoms with Crippen LogP contribution >= 0.6 is 0 Å². The molecule has 0 aromatic carbocycles. The molecule has 2 aliphatic carbocycles. The summed E-state index contributed by atoms with van der Waals surface area (Å²) in [4.78, 5) is 50.8. The van der Waals surface area contributed by atoms with Crippen LogP contribution in [0.4, 0.5) is 4.79 Å². The van der Waals surface area contributed by atoms with Gasteiger partial charge in [0.25, 0.3) is 0 Å². The molecule has 172 valence electrons. The van der Waals surface area contributed by atoms with Gasteiger partial charge >= 0.3 is 6.03 Å². The molecule has 2 aliphatic heterocycles. The van der Waals surface area contributed by atoms with Crippen molar-refractivity contribution in [3.8, 4) is 0 Å². The maximum atomic E-state index is 13.0. The maximum absolute atomic E-state index is 13.0. The van der Waals surface area contributed by atoms with E-state index in [2.05, 4.69) is 22.9 Å². The number of carbonyl (C=O) groups excluding carboxylic acids is 4. The van der Waals surface area contributed by atoms with E-state index in [-0.39, 0.29) is 54.0 Å². The number of hydrogen-bond acceptors (Lipinski definition) is 4. The van der Waals surface area contributed by atoms with E-state index in [4.69, 9.17) is 0 Å². The van der Waals surface area contributed by atoms with Crippen LogP contribution in [0.3, 0.4) is 0 Å². The minimum absolute atomic E-state index is 0.0430. The molecule has 4 aliphatic rings. The van der Waals surface area contributed by atoms with Gasteiger partial charge in [-0.05, 0) is 56.3 Å². The third-order valence-electron chi connectivity index (χ3n) is 7.97. The Morgan fingerprint density at radius 3 is 2.68 bits per heavy atom. The highest BCUT2D eigenvalue weighted by Crippen LogP contribution is 2.41. The molecule has 6 unspecified atom stereocenters. The van der Waals surface area contributed by atoms with Gasteiger partial charge in [-0.2, -0.15) is 0 Å². The zero-order valence-corrected chi connectivity index (χ0v) is 18.5. The maximum Gasteiger partial charge on any atom is 0.315 e. The van der Waals surface area contributed by atoms with Gasteiger partial charge in [-0.1, -0.05) is 26.2 Å². The normalized spacial score (nSPS) is 36.0. The molecule has 2 saturated carbocycles. The molecule has 3 N–H and O–H groups in total. The van der Waals surface area contributed by atoms with Gasteiger partial charge in [-0.25, -0.2) is 4.79 Å². The van der Waals surface area contributed by atoms with Crippen molar-refractivity contribution in [3.05, 3.63) is 0 Å². The van der Waals surface area contributed by atoms with Crippen LogP contribution < -0.4 is 16.0 Å². The quantitative estimate of drug-likeness (QED) is 0.577. The van der Waals surface area contributed by atoms with Crippen molar-refractivity contribution in [2.45, 2.75) is 83.2 Å². The van der Waals surface area contributed by atoms with Crippen LogP contribution in [0, 0.1) is 23.7 Å². The molecule has 6 atom stereocenters. The van der Waals surface area contributed by atoms with Crippen LogP contribution in [0.15, 0.2) is 0 Å². The molecule has 0 radical (unpaired) electrons. The van der Waals surface area contributed by atoms with Crippen molar-refractivity contribution >= 4 is 23.8 Å². The summed E-state index contributed by atoms with van der Waals surface area (Å²) in [7, 11) is 0. The Morgan fingerprint density at radius 2 is 1.90 bits per heavy atom. The number of imide groups is 1. The van der Waals surface area contributed by atoms with Crippen LogP contribution in [0.1, 0.15) is 71.1 Å². The number of amides is 5. The molecule has 2 saturated heterocycles. The van der Waals surface area contributed by atoms with Crippen molar-refractivity contribution in [3.63, 3.8) is 0 Å². The molecular weight excluding hydrogens is 396 g/mol. The summed E-state index contributed by atoms with van der Waals surface area (Å²) in [6, 6.07) is -0.333. The lowest BCUT2D eigenvalue weighted by Gasteiger charge is -2.31. The summed E-state index contributed by atoms with van der Waals surface area (Å²) >= 11 is 0. The number of nitrogens with one attached hydrogen (secondary N) is 3. The van der Waals surface area contributed by atoms with Crippen LogP contribution in [0.5, 0.6) is 0 Å². The summed E-state index contributed by atoms with van der Waals surface area (Å²) in [6.45, 7) is 3.41. The average molecular weight is 433 g/mol. The lowest BCUT2D eigenvalue weighted by molar-refractivity contribution is -0.144. The molecule has 0 spiro atoms. The zero-order chi connectivity index (χ0) is 22.0. The summed E-state index contributed by atoms with van der Waals surface area (Å²) in [5.74, 6) is 0.650. The van der Waals surface area contributed by atoms with E-state index in [1.807, 2.05) is 0 Å². The number of rotatable bonds is 5. The lowest BCUT2D eigenvalue weighted by atomic mass is 9.75. The Morgan fingerprint density at radius 1 is 1.06 bits per heavy atom. The van der Waals surface area contributed by atoms with Gasteiger partial charge in [0, 0.05) is 31.5 Å². The highest BCUT2D eigenvalue weighted by Gasteiger charge is 2.48. The third kappa shape index (κ3) is 5.04. The summed E-state index contributed by atoms with van der Waals surface area (Å²) < 4.78 is 0. The Hall–Kier alpha value is -2.12.